The van der Waals surface area contributed by atoms with E-state index in [0.29, 0.717) is 11.8 Å². The molecule has 0 radical (unpaired) electrons. The molecule has 4 unspecified atom stereocenters. The Labute approximate surface area is 72.2 Å². The van der Waals surface area contributed by atoms with Gasteiger partial charge in [-0.3, -0.25) is 4.79 Å². The SMILES string of the molecule is O=CC1=CC2CC1C1CC=CC21. The second-order valence-corrected chi connectivity index (χ2v) is 4.20. The monoisotopic (exact) mass is 160 g/mol. The van der Waals surface area contributed by atoms with Gasteiger partial charge in [0.1, 0.15) is 6.29 Å². The summed E-state index contributed by atoms with van der Waals surface area (Å²) in [6, 6.07) is 0. The Morgan fingerprint density at radius 3 is 3.25 bits per heavy atom. The third kappa shape index (κ3) is 0.626. The van der Waals surface area contributed by atoms with Gasteiger partial charge in [-0.25, -0.2) is 0 Å². The lowest BCUT2D eigenvalue weighted by atomic mass is 9.82. The van der Waals surface area contributed by atoms with Gasteiger partial charge in [0.25, 0.3) is 0 Å². The minimum absolute atomic E-state index is 0.604. The van der Waals surface area contributed by atoms with Crippen molar-refractivity contribution in [2.75, 3.05) is 0 Å². The van der Waals surface area contributed by atoms with Crippen molar-refractivity contribution in [1.82, 2.24) is 0 Å². The molecule has 0 aromatic rings. The van der Waals surface area contributed by atoms with E-state index in [4.69, 9.17) is 0 Å². The van der Waals surface area contributed by atoms with Crippen molar-refractivity contribution in [3.05, 3.63) is 23.8 Å². The maximum atomic E-state index is 10.7. The van der Waals surface area contributed by atoms with Gasteiger partial charge in [-0.2, -0.15) is 0 Å². The summed E-state index contributed by atoms with van der Waals surface area (Å²) >= 11 is 0. The van der Waals surface area contributed by atoms with Crippen molar-refractivity contribution >= 4 is 6.29 Å². The quantitative estimate of drug-likeness (QED) is 0.423. The number of aldehydes is 1. The minimum atomic E-state index is 0.604. The van der Waals surface area contributed by atoms with E-state index in [2.05, 4.69) is 18.2 Å². The summed E-state index contributed by atoms with van der Waals surface area (Å²) in [4.78, 5) is 10.7. The van der Waals surface area contributed by atoms with Gasteiger partial charge in [0.2, 0.25) is 0 Å². The van der Waals surface area contributed by atoms with Crippen LogP contribution in [-0.4, -0.2) is 6.29 Å². The first-order valence-electron chi connectivity index (χ1n) is 4.73. The molecule has 12 heavy (non-hydrogen) atoms. The van der Waals surface area contributed by atoms with Gasteiger partial charge in [0.05, 0.1) is 0 Å². The molecule has 4 atom stereocenters. The maximum absolute atomic E-state index is 10.7. The molecule has 1 nitrogen and oxygen atoms in total. The van der Waals surface area contributed by atoms with E-state index in [1.54, 1.807) is 0 Å². The first-order chi connectivity index (χ1) is 5.90. The van der Waals surface area contributed by atoms with Gasteiger partial charge in [-0.1, -0.05) is 18.2 Å². The van der Waals surface area contributed by atoms with Crippen LogP contribution >= 0.6 is 0 Å². The van der Waals surface area contributed by atoms with E-state index < -0.39 is 0 Å². The van der Waals surface area contributed by atoms with E-state index in [0.717, 1.165) is 23.7 Å². The summed E-state index contributed by atoms with van der Waals surface area (Å²) in [5, 5.41) is 0. The van der Waals surface area contributed by atoms with Crippen LogP contribution in [0.15, 0.2) is 23.8 Å². The molecule has 0 N–H and O–H groups in total. The van der Waals surface area contributed by atoms with E-state index in [-0.39, 0.29) is 0 Å². The predicted molar refractivity (Wildman–Crippen MR) is 46.5 cm³/mol. The summed E-state index contributed by atoms with van der Waals surface area (Å²) in [5.74, 6) is 2.85. The number of carbonyl (C=O) groups excluding carboxylic acids is 1. The molecule has 1 fully saturated rings. The zero-order valence-corrected chi connectivity index (χ0v) is 6.94. The molecule has 0 aromatic heterocycles. The highest BCUT2D eigenvalue weighted by Gasteiger charge is 2.47. The van der Waals surface area contributed by atoms with Crippen LogP contribution in [0.2, 0.25) is 0 Å². The molecule has 3 rings (SSSR count). The first-order valence-corrected chi connectivity index (χ1v) is 4.73. The van der Waals surface area contributed by atoms with Crippen LogP contribution in [0.25, 0.3) is 0 Å². The Hall–Kier alpha value is -0.850. The number of hydrogen-bond acceptors (Lipinski definition) is 1. The van der Waals surface area contributed by atoms with E-state index in [1.807, 2.05) is 0 Å². The van der Waals surface area contributed by atoms with Crippen LogP contribution in [-0.2, 0) is 4.79 Å². The van der Waals surface area contributed by atoms with E-state index in [9.17, 15) is 4.79 Å². The Bertz CT molecular complexity index is 287. The van der Waals surface area contributed by atoms with Crippen LogP contribution in [0.3, 0.4) is 0 Å². The van der Waals surface area contributed by atoms with Crippen molar-refractivity contribution in [3.8, 4) is 0 Å². The average Bonchev–Trinajstić information content (AvgIpc) is 2.75. The van der Waals surface area contributed by atoms with Crippen molar-refractivity contribution in [3.63, 3.8) is 0 Å². The van der Waals surface area contributed by atoms with Gasteiger partial charge in [-0.15, -0.1) is 0 Å². The standard InChI is InChI=1S/C11H12O/c12-6-8-4-7-5-11(8)10-3-1-2-9(7)10/h1-2,4,6-7,9-11H,3,5H2. The molecule has 1 saturated carbocycles. The summed E-state index contributed by atoms with van der Waals surface area (Å²) in [5.41, 5.74) is 1.09. The summed E-state index contributed by atoms with van der Waals surface area (Å²) < 4.78 is 0. The van der Waals surface area contributed by atoms with Gasteiger partial charge < -0.3 is 0 Å². The van der Waals surface area contributed by atoms with Gasteiger partial charge >= 0.3 is 0 Å². The van der Waals surface area contributed by atoms with Crippen LogP contribution in [0, 0.1) is 23.7 Å². The molecule has 3 aliphatic carbocycles. The number of rotatable bonds is 1. The fourth-order valence-corrected chi connectivity index (χ4v) is 3.27. The Morgan fingerprint density at radius 1 is 1.50 bits per heavy atom. The first kappa shape index (κ1) is 6.64. The highest BCUT2D eigenvalue weighted by atomic mass is 16.1. The molecular weight excluding hydrogens is 148 g/mol. The van der Waals surface area contributed by atoms with Gasteiger partial charge in [-0.05, 0) is 42.1 Å². The third-order valence-electron chi connectivity index (χ3n) is 3.77. The predicted octanol–water partition coefficient (Wildman–Crippen LogP) is 1.95. The molecule has 0 amide bonds. The van der Waals surface area contributed by atoms with Gasteiger partial charge in [0, 0.05) is 0 Å². The molecular formula is C11H12O. The average molecular weight is 160 g/mol. The maximum Gasteiger partial charge on any atom is 0.146 e. The molecule has 0 aromatic carbocycles. The second-order valence-electron chi connectivity index (χ2n) is 4.20. The fraction of sp³-hybridized carbons (Fsp3) is 0.545. The van der Waals surface area contributed by atoms with Crippen molar-refractivity contribution < 1.29 is 4.79 Å². The van der Waals surface area contributed by atoms with E-state index in [1.165, 1.54) is 12.8 Å². The highest BCUT2D eigenvalue weighted by Crippen LogP contribution is 2.55. The molecule has 3 aliphatic rings. The largest absolute Gasteiger partial charge is 0.298 e. The smallest absolute Gasteiger partial charge is 0.146 e. The number of carbonyl (C=O) groups is 1. The fourth-order valence-electron chi connectivity index (χ4n) is 3.27. The Kier molecular flexibility index (Phi) is 1.16. The van der Waals surface area contributed by atoms with Crippen molar-refractivity contribution in [2.24, 2.45) is 23.7 Å². The zero-order valence-electron chi connectivity index (χ0n) is 6.94. The normalized spacial score (nSPS) is 47.8. The zero-order chi connectivity index (χ0) is 8.13. The van der Waals surface area contributed by atoms with Crippen LogP contribution in [0.5, 0.6) is 0 Å². The molecule has 2 bridgehead atoms. The lowest BCUT2D eigenvalue weighted by Gasteiger charge is -2.22. The second kappa shape index (κ2) is 2.09. The summed E-state index contributed by atoms with van der Waals surface area (Å²) in [7, 11) is 0. The highest BCUT2D eigenvalue weighted by molar-refractivity contribution is 5.76. The van der Waals surface area contributed by atoms with E-state index >= 15 is 0 Å². The van der Waals surface area contributed by atoms with Crippen molar-refractivity contribution in [2.45, 2.75) is 12.8 Å². The van der Waals surface area contributed by atoms with Crippen LogP contribution in [0.1, 0.15) is 12.8 Å². The van der Waals surface area contributed by atoms with Crippen molar-refractivity contribution in [1.29, 1.82) is 0 Å². The molecule has 0 saturated heterocycles. The number of hydrogen-bond donors (Lipinski definition) is 0. The summed E-state index contributed by atoms with van der Waals surface area (Å²) in [6.07, 6.45) is 10.4. The third-order valence-corrected chi connectivity index (χ3v) is 3.77. The molecule has 0 aliphatic heterocycles. The Morgan fingerprint density at radius 2 is 2.42 bits per heavy atom. The lowest BCUT2D eigenvalue weighted by Crippen LogP contribution is -2.17. The summed E-state index contributed by atoms with van der Waals surface area (Å²) in [6.45, 7) is 0. The topological polar surface area (TPSA) is 17.1 Å². The minimum Gasteiger partial charge on any atom is -0.298 e. The molecule has 1 heteroatoms. The lowest BCUT2D eigenvalue weighted by molar-refractivity contribution is -0.105. The Balaban J connectivity index is 2.00. The van der Waals surface area contributed by atoms with Gasteiger partial charge in [0.15, 0.2) is 0 Å². The van der Waals surface area contributed by atoms with Crippen LogP contribution < -0.4 is 0 Å². The number of fused-ring (bicyclic) bond motifs is 5. The molecule has 0 heterocycles. The number of allylic oxidation sites excluding steroid dienone is 4. The molecule has 0 spiro atoms. The van der Waals surface area contributed by atoms with Crippen LogP contribution in [0.4, 0.5) is 0 Å². The molecule has 62 valence electrons.